The molecule has 1 atom stereocenters. The minimum Gasteiger partial charge on any atom is -0.507 e. The van der Waals surface area contributed by atoms with Crippen LogP contribution in [0.15, 0.2) is 66.7 Å². The predicted octanol–water partition coefficient (Wildman–Crippen LogP) is 7.28. The highest BCUT2D eigenvalue weighted by atomic mass is 28.3. The first kappa shape index (κ1) is 25.1. The van der Waals surface area contributed by atoms with Gasteiger partial charge in [-0.1, -0.05) is 114 Å². The smallest absolute Gasteiger partial charge is 0.123 e. The minimum atomic E-state index is -2.02. The summed E-state index contributed by atoms with van der Waals surface area (Å²) < 4.78 is 5.45. The highest BCUT2D eigenvalue weighted by Gasteiger charge is 2.38. The maximum atomic E-state index is 11.3. The topological polar surface area (TPSA) is 29.5 Å². The molecule has 3 heteroatoms. The van der Waals surface area contributed by atoms with Crippen LogP contribution in [0, 0.1) is 0 Å². The van der Waals surface area contributed by atoms with Crippen LogP contribution in [0.5, 0.6) is 11.5 Å². The van der Waals surface area contributed by atoms with Gasteiger partial charge in [-0.05, 0) is 45.2 Å². The van der Waals surface area contributed by atoms with Crippen molar-refractivity contribution >= 4 is 13.3 Å². The van der Waals surface area contributed by atoms with Gasteiger partial charge in [0.15, 0.2) is 0 Å². The fourth-order valence-electron chi connectivity index (χ4n) is 4.82. The van der Waals surface area contributed by atoms with Crippen LogP contribution in [0.2, 0.25) is 13.1 Å². The van der Waals surface area contributed by atoms with Gasteiger partial charge in [0, 0.05) is 5.54 Å². The van der Waals surface area contributed by atoms with E-state index in [4.69, 9.17) is 4.74 Å². The second-order valence-corrected chi connectivity index (χ2v) is 16.4. The van der Waals surface area contributed by atoms with Crippen LogP contribution in [-0.4, -0.2) is 20.3 Å². The summed E-state index contributed by atoms with van der Waals surface area (Å²) in [7, 11) is -0.313. The van der Waals surface area contributed by atoms with E-state index in [1.54, 1.807) is 7.11 Å². The van der Waals surface area contributed by atoms with Crippen LogP contribution < -0.4 is 9.92 Å². The Bertz CT molecular complexity index is 1050. The Morgan fingerprint density at radius 1 is 0.727 bits per heavy atom. The number of aromatic hydroxyl groups is 1. The van der Waals surface area contributed by atoms with E-state index in [0.717, 1.165) is 16.9 Å². The first-order chi connectivity index (χ1) is 15.3. The van der Waals surface area contributed by atoms with Gasteiger partial charge in [0.05, 0.1) is 15.2 Å². The zero-order chi connectivity index (χ0) is 24.6. The lowest BCUT2D eigenvalue weighted by Gasteiger charge is -2.36. The Morgan fingerprint density at radius 3 is 1.64 bits per heavy atom. The van der Waals surface area contributed by atoms with Crippen molar-refractivity contribution in [3.05, 3.63) is 89.0 Å². The van der Waals surface area contributed by atoms with Crippen molar-refractivity contribution in [3.63, 3.8) is 0 Å². The molecule has 0 fully saturated rings. The van der Waals surface area contributed by atoms with Crippen LogP contribution in [0.4, 0.5) is 0 Å². The molecule has 176 valence electrons. The van der Waals surface area contributed by atoms with Gasteiger partial charge in [-0.15, -0.1) is 0 Å². The first-order valence-corrected chi connectivity index (χ1v) is 14.9. The summed E-state index contributed by atoms with van der Waals surface area (Å²) in [5.41, 5.74) is 4.51. The molecular weight excluding hydrogens is 420 g/mol. The summed E-state index contributed by atoms with van der Waals surface area (Å²) in [6.07, 6.45) is 0. The molecule has 1 unspecified atom stereocenters. The monoisotopic (exact) mass is 460 g/mol. The molecule has 0 amide bonds. The molecule has 33 heavy (non-hydrogen) atoms. The lowest BCUT2D eigenvalue weighted by Crippen LogP contribution is -2.48. The molecule has 0 bridgehead atoms. The lowest BCUT2D eigenvalue weighted by atomic mass is 9.78. The van der Waals surface area contributed by atoms with Gasteiger partial charge in [0.1, 0.15) is 11.5 Å². The van der Waals surface area contributed by atoms with E-state index in [1.165, 1.54) is 16.3 Å². The number of benzene rings is 3. The zero-order valence-corrected chi connectivity index (χ0v) is 22.8. The number of methoxy groups -OCH3 is 1. The average molecular weight is 461 g/mol. The summed E-state index contributed by atoms with van der Waals surface area (Å²) in [6, 6.07) is 24.0. The molecule has 0 aliphatic rings. The maximum absolute atomic E-state index is 11.3. The number of phenolic OH excluding ortho intramolecular Hbond substituents is 1. The van der Waals surface area contributed by atoms with Gasteiger partial charge < -0.3 is 9.84 Å². The maximum Gasteiger partial charge on any atom is 0.123 e. The molecule has 0 aromatic heterocycles. The number of ether oxygens (including phenoxy) is 1. The van der Waals surface area contributed by atoms with Crippen molar-refractivity contribution in [1.82, 2.24) is 0 Å². The second-order valence-electron chi connectivity index (χ2n) is 11.8. The van der Waals surface area contributed by atoms with Crippen molar-refractivity contribution in [2.45, 2.75) is 71.0 Å². The van der Waals surface area contributed by atoms with Gasteiger partial charge in [-0.25, -0.2) is 0 Å². The van der Waals surface area contributed by atoms with Crippen LogP contribution in [-0.2, 0) is 10.8 Å². The highest BCUT2D eigenvalue weighted by molar-refractivity contribution is 6.91. The molecule has 0 spiro atoms. The van der Waals surface area contributed by atoms with E-state index in [9.17, 15) is 5.11 Å². The van der Waals surface area contributed by atoms with Crippen molar-refractivity contribution < 1.29 is 9.84 Å². The van der Waals surface area contributed by atoms with Gasteiger partial charge in [-0.2, -0.15) is 0 Å². The van der Waals surface area contributed by atoms with Gasteiger partial charge in [0.2, 0.25) is 0 Å². The van der Waals surface area contributed by atoms with E-state index >= 15 is 0 Å². The Morgan fingerprint density at radius 2 is 1.21 bits per heavy atom. The Labute approximate surface area is 201 Å². The van der Waals surface area contributed by atoms with E-state index in [2.05, 4.69) is 121 Å². The molecule has 1 N–H and O–H groups in total. The molecule has 0 saturated heterocycles. The zero-order valence-electron chi connectivity index (χ0n) is 21.8. The van der Waals surface area contributed by atoms with Crippen LogP contribution >= 0.6 is 0 Å². The van der Waals surface area contributed by atoms with Crippen LogP contribution in [0.3, 0.4) is 0 Å². The standard InChI is InChI=1S/C30H40O2Si/c1-29(2,3)25-19-22(20-26(27(25)31)30(4,5)6)28(21-15-17-23(32-7)18-16-21)33(8,9)24-13-11-10-12-14-24/h10-20,28,31H,1-9H3. The number of hydrogen-bond acceptors (Lipinski definition) is 2. The summed E-state index contributed by atoms with van der Waals surface area (Å²) in [5, 5.41) is 12.7. The van der Waals surface area contributed by atoms with E-state index in [1.807, 2.05) is 0 Å². The fourth-order valence-corrected chi connectivity index (χ4v) is 8.23. The summed E-state index contributed by atoms with van der Waals surface area (Å²) in [5.74, 6) is 1.31. The summed E-state index contributed by atoms with van der Waals surface area (Å²) in [4.78, 5) is 0. The van der Waals surface area contributed by atoms with Gasteiger partial charge in [-0.3, -0.25) is 0 Å². The Hall–Kier alpha value is -2.52. The highest BCUT2D eigenvalue weighted by Crippen LogP contribution is 2.44. The molecule has 3 rings (SSSR count). The van der Waals surface area contributed by atoms with Crippen LogP contribution in [0.25, 0.3) is 0 Å². The Kier molecular flexibility index (Phi) is 6.86. The van der Waals surface area contributed by atoms with Crippen molar-refractivity contribution in [2.75, 3.05) is 7.11 Å². The third-order valence-corrected chi connectivity index (χ3v) is 10.7. The molecular formula is C30H40O2Si. The molecule has 2 nitrogen and oxygen atoms in total. The Balaban J connectivity index is 2.35. The summed E-state index contributed by atoms with van der Waals surface area (Å²) in [6.45, 7) is 18.0. The first-order valence-electron chi connectivity index (χ1n) is 11.8. The number of hydrogen-bond donors (Lipinski definition) is 1. The van der Waals surface area contributed by atoms with Gasteiger partial charge in [0.25, 0.3) is 0 Å². The third-order valence-electron chi connectivity index (χ3n) is 6.77. The lowest BCUT2D eigenvalue weighted by molar-refractivity contribution is 0.414. The van der Waals surface area contributed by atoms with E-state index in [0.29, 0.717) is 5.75 Å². The van der Waals surface area contributed by atoms with Crippen molar-refractivity contribution in [3.8, 4) is 11.5 Å². The molecule has 0 aliphatic heterocycles. The van der Waals surface area contributed by atoms with Crippen LogP contribution in [0.1, 0.15) is 69.3 Å². The number of rotatable bonds is 5. The normalized spacial score (nSPS) is 13.6. The second kappa shape index (κ2) is 9.02. The predicted molar refractivity (Wildman–Crippen MR) is 144 cm³/mol. The van der Waals surface area contributed by atoms with E-state index < -0.39 is 8.07 Å². The van der Waals surface area contributed by atoms with Gasteiger partial charge >= 0.3 is 0 Å². The van der Waals surface area contributed by atoms with E-state index in [-0.39, 0.29) is 16.4 Å². The SMILES string of the molecule is COc1ccc(C(c2cc(C(C)(C)C)c(O)c(C(C)(C)C)c2)[Si](C)(C)c2ccccc2)cc1. The number of phenols is 1. The quantitative estimate of drug-likeness (QED) is 0.405. The van der Waals surface area contributed by atoms with Crippen molar-refractivity contribution in [2.24, 2.45) is 0 Å². The molecule has 0 saturated carbocycles. The molecule has 3 aromatic carbocycles. The molecule has 0 heterocycles. The minimum absolute atomic E-state index is 0.164. The fraction of sp³-hybridized carbons (Fsp3) is 0.400. The third kappa shape index (κ3) is 5.19. The summed E-state index contributed by atoms with van der Waals surface area (Å²) >= 11 is 0. The average Bonchev–Trinajstić information content (AvgIpc) is 2.74. The van der Waals surface area contributed by atoms with Crippen molar-refractivity contribution in [1.29, 1.82) is 0 Å². The largest absolute Gasteiger partial charge is 0.507 e. The molecule has 0 aliphatic carbocycles. The molecule has 0 radical (unpaired) electrons. The molecule has 3 aromatic rings.